The summed E-state index contributed by atoms with van der Waals surface area (Å²) in [6, 6.07) is 18.0. The van der Waals surface area contributed by atoms with E-state index in [0.717, 1.165) is 0 Å². The molecule has 0 spiro atoms. The molecular weight excluding hydrogens is 449 g/mol. The lowest BCUT2D eigenvalue weighted by Crippen LogP contribution is -2.50. The largest absolute Gasteiger partial charge is 0.437 e. The first-order chi connectivity index (χ1) is 17.5. The maximum Gasteiger partial charge on any atom is 0.437 e. The SMILES string of the molecule is Cc1cccc(C)c1-c1cc(C)c(-c2n(C)cc[n+]2[B]c2c(C(C)C)cccc2C(C)C)c(N(C)C)c1. The van der Waals surface area contributed by atoms with Crippen LogP contribution in [0, 0.1) is 20.8 Å². The molecule has 4 aromatic rings. The third kappa shape index (κ3) is 5.12. The Labute approximate surface area is 225 Å². The minimum Gasteiger partial charge on any atom is -0.377 e. The van der Waals surface area contributed by atoms with E-state index in [4.69, 9.17) is 0 Å². The minimum absolute atomic E-state index is 0.452. The van der Waals surface area contributed by atoms with Crippen LogP contribution in [0.2, 0.25) is 0 Å². The molecule has 0 amide bonds. The lowest BCUT2D eigenvalue weighted by molar-refractivity contribution is -0.513. The number of nitrogens with zero attached hydrogens (tertiary/aromatic N) is 3. The third-order valence-corrected chi connectivity index (χ3v) is 7.51. The van der Waals surface area contributed by atoms with Crippen LogP contribution >= 0.6 is 0 Å². The summed E-state index contributed by atoms with van der Waals surface area (Å²) in [7, 11) is 8.79. The van der Waals surface area contributed by atoms with Gasteiger partial charge in [-0.2, -0.15) is 0 Å². The van der Waals surface area contributed by atoms with Crippen molar-refractivity contribution in [1.82, 2.24) is 4.57 Å². The minimum atomic E-state index is 0.452. The summed E-state index contributed by atoms with van der Waals surface area (Å²) in [6.45, 7) is 15.8. The molecule has 1 heterocycles. The van der Waals surface area contributed by atoms with E-state index >= 15 is 0 Å². The van der Waals surface area contributed by atoms with Gasteiger partial charge in [-0.25, -0.2) is 4.57 Å². The van der Waals surface area contributed by atoms with Crippen molar-refractivity contribution in [3.8, 4) is 22.5 Å². The van der Waals surface area contributed by atoms with E-state index in [9.17, 15) is 0 Å². The summed E-state index contributed by atoms with van der Waals surface area (Å²) in [5.74, 6) is 2.09. The summed E-state index contributed by atoms with van der Waals surface area (Å²) in [6.07, 6.45) is 4.35. The van der Waals surface area contributed by atoms with Gasteiger partial charge in [-0.05, 0) is 83.1 Å². The predicted molar refractivity (Wildman–Crippen MR) is 160 cm³/mol. The number of imidazole rings is 1. The van der Waals surface area contributed by atoms with E-state index in [0.29, 0.717) is 11.8 Å². The number of hydrogen-bond acceptors (Lipinski definition) is 1. The van der Waals surface area contributed by atoms with Gasteiger partial charge in [0.1, 0.15) is 12.4 Å². The average molecular weight is 492 g/mol. The van der Waals surface area contributed by atoms with Crippen LogP contribution in [0.15, 0.2) is 60.9 Å². The first-order valence-corrected chi connectivity index (χ1v) is 13.4. The Morgan fingerprint density at radius 1 is 0.784 bits per heavy atom. The summed E-state index contributed by atoms with van der Waals surface area (Å²) < 4.78 is 4.57. The molecular formula is C33H42BN3+. The van der Waals surface area contributed by atoms with Crippen molar-refractivity contribution in [2.24, 2.45) is 7.05 Å². The second kappa shape index (κ2) is 10.6. The van der Waals surface area contributed by atoms with Gasteiger partial charge < -0.3 is 4.90 Å². The molecule has 1 aromatic heterocycles. The number of aryl methyl sites for hydroxylation is 4. The highest BCUT2D eigenvalue weighted by Crippen LogP contribution is 2.38. The molecule has 191 valence electrons. The topological polar surface area (TPSA) is 12.0 Å². The predicted octanol–water partition coefficient (Wildman–Crippen LogP) is 6.68. The van der Waals surface area contributed by atoms with Gasteiger partial charge in [0, 0.05) is 14.1 Å². The maximum atomic E-state index is 2.36. The van der Waals surface area contributed by atoms with Crippen LogP contribution in [0.4, 0.5) is 5.69 Å². The van der Waals surface area contributed by atoms with Crippen molar-refractivity contribution in [3.63, 3.8) is 0 Å². The van der Waals surface area contributed by atoms with Crippen LogP contribution in [0.3, 0.4) is 0 Å². The molecule has 1 radical (unpaired) electrons. The van der Waals surface area contributed by atoms with Gasteiger partial charge in [0.2, 0.25) is 0 Å². The summed E-state index contributed by atoms with van der Waals surface area (Å²) in [4.78, 5) is 2.25. The molecule has 0 atom stereocenters. The second-order valence-corrected chi connectivity index (χ2v) is 11.3. The molecule has 0 aliphatic heterocycles. The molecule has 3 nitrogen and oxygen atoms in total. The van der Waals surface area contributed by atoms with Crippen LogP contribution < -0.4 is 14.8 Å². The molecule has 0 bridgehead atoms. The van der Waals surface area contributed by atoms with Gasteiger partial charge >= 0.3 is 7.41 Å². The van der Waals surface area contributed by atoms with E-state index in [1.165, 1.54) is 61.5 Å². The number of benzene rings is 3. The quantitative estimate of drug-likeness (QED) is 0.263. The third-order valence-electron chi connectivity index (χ3n) is 7.51. The van der Waals surface area contributed by atoms with Crippen molar-refractivity contribution in [1.29, 1.82) is 0 Å². The van der Waals surface area contributed by atoms with Crippen LogP contribution in [-0.4, -0.2) is 26.1 Å². The molecule has 0 unspecified atom stereocenters. The van der Waals surface area contributed by atoms with E-state index in [1.807, 2.05) is 0 Å². The number of rotatable bonds is 7. The molecule has 0 aliphatic rings. The molecule has 0 N–H and O–H groups in total. The molecule has 0 fully saturated rings. The van der Waals surface area contributed by atoms with Gasteiger partial charge in [-0.3, -0.25) is 4.48 Å². The highest BCUT2D eigenvalue weighted by atomic mass is 15.1. The van der Waals surface area contributed by atoms with Crippen LogP contribution in [0.1, 0.15) is 67.3 Å². The normalized spacial score (nSPS) is 11.5. The Kier molecular flexibility index (Phi) is 7.68. The van der Waals surface area contributed by atoms with Gasteiger partial charge in [0.25, 0.3) is 5.82 Å². The van der Waals surface area contributed by atoms with Crippen molar-refractivity contribution in [3.05, 3.63) is 88.7 Å². The molecule has 4 rings (SSSR count). The Balaban J connectivity index is 1.92. The molecule has 3 aromatic carbocycles. The Morgan fingerprint density at radius 2 is 1.35 bits per heavy atom. The van der Waals surface area contributed by atoms with Gasteiger partial charge in [-0.1, -0.05) is 70.2 Å². The van der Waals surface area contributed by atoms with Crippen LogP contribution in [-0.2, 0) is 7.05 Å². The lowest BCUT2D eigenvalue weighted by Gasteiger charge is -2.22. The zero-order valence-electron chi connectivity index (χ0n) is 24.3. The fourth-order valence-electron chi connectivity index (χ4n) is 5.63. The van der Waals surface area contributed by atoms with E-state index < -0.39 is 0 Å². The first kappa shape index (κ1) is 26.8. The zero-order chi connectivity index (χ0) is 27.0. The van der Waals surface area contributed by atoms with Crippen LogP contribution in [0.25, 0.3) is 22.5 Å². The fraction of sp³-hybridized carbons (Fsp3) is 0.364. The molecule has 0 saturated carbocycles. The van der Waals surface area contributed by atoms with Crippen molar-refractivity contribution >= 4 is 18.6 Å². The summed E-state index contributed by atoms with van der Waals surface area (Å²) in [5, 5.41) is 0. The van der Waals surface area contributed by atoms with Crippen molar-refractivity contribution < 1.29 is 4.48 Å². The summed E-state index contributed by atoms with van der Waals surface area (Å²) in [5.41, 5.74) is 13.1. The highest BCUT2D eigenvalue weighted by Gasteiger charge is 2.28. The number of hydrogen-bond donors (Lipinski definition) is 0. The average Bonchev–Trinajstić information content (AvgIpc) is 3.17. The molecule has 4 heteroatoms. The zero-order valence-corrected chi connectivity index (χ0v) is 24.3. The van der Waals surface area contributed by atoms with Gasteiger partial charge in [-0.15, -0.1) is 0 Å². The lowest BCUT2D eigenvalue weighted by atomic mass is 9.71. The summed E-state index contributed by atoms with van der Waals surface area (Å²) >= 11 is 0. The number of anilines is 1. The van der Waals surface area contributed by atoms with Crippen LogP contribution in [0.5, 0.6) is 0 Å². The Morgan fingerprint density at radius 3 is 1.89 bits per heavy atom. The first-order valence-electron chi connectivity index (χ1n) is 13.4. The Hall–Kier alpha value is -3.27. The van der Waals surface area contributed by atoms with Gasteiger partial charge in [0.15, 0.2) is 0 Å². The highest BCUT2D eigenvalue weighted by molar-refractivity contribution is 6.46. The van der Waals surface area contributed by atoms with Crippen molar-refractivity contribution in [2.75, 3.05) is 19.0 Å². The van der Waals surface area contributed by atoms with E-state index in [2.05, 4.69) is 152 Å². The molecule has 0 saturated heterocycles. The number of aromatic nitrogens is 2. The van der Waals surface area contributed by atoms with E-state index in [1.54, 1.807) is 0 Å². The standard InChI is InChI=1S/C33H42BN3/c1-21(2)27-15-12-16-28(22(3)4)32(27)34-37-18-17-36(10)33(37)31-25(7)19-26(20-29(31)35(8)9)30-23(5)13-11-14-24(30)6/h11-22H,1-10H3/q+1. The Bertz CT molecular complexity index is 1380. The van der Waals surface area contributed by atoms with E-state index in [-0.39, 0.29) is 0 Å². The van der Waals surface area contributed by atoms with Crippen molar-refractivity contribution in [2.45, 2.75) is 60.3 Å². The van der Waals surface area contributed by atoms with Gasteiger partial charge in [0.05, 0.1) is 18.3 Å². The monoisotopic (exact) mass is 491 g/mol. The second-order valence-electron chi connectivity index (χ2n) is 11.3. The molecule has 0 aliphatic carbocycles. The maximum absolute atomic E-state index is 2.36. The molecule has 37 heavy (non-hydrogen) atoms. The smallest absolute Gasteiger partial charge is 0.377 e. The fourth-order valence-corrected chi connectivity index (χ4v) is 5.63.